The minimum Gasteiger partial charge on any atom is -0.444 e. The molecule has 31 heavy (non-hydrogen) atoms. The Morgan fingerprint density at radius 3 is 2.48 bits per heavy atom. The van der Waals surface area contributed by atoms with Crippen molar-refractivity contribution in [2.24, 2.45) is 0 Å². The second-order valence-electron chi connectivity index (χ2n) is 8.49. The van der Waals surface area contributed by atoms with Crippen LogP contribution in [0.2, 0.25) is 0 Å². The standard InChI is InChI=1S/C20H24F2N4O4S/c1-19(2,3)30-18(27)26-10-16-15(20(21,22)12-26)9-23-17(25-16)24-14-7-5-13(6-8-14)11-31(4,28)29/h5-9H,10-12H2,1-4H3,(H,23,24,25). The summed E-state index contributed by atoms with van der Waals surface area (Å²) in [7, 11) is -3.15. The van der Waals surface area contributed by atoms with Crippen molar-refractivity contribution in [1.29, 1.82) is 0 Å². The van der Waals surface area contributed by atoms with E-state index in [-0.39, 0.29) is 29.5 Å². The maximum absolute atomic E-state index is 14.6. The number of ether oxygens (including phenoxy) is 1. The van der Waals surface area contributed by atoms with Crippen LogP contribution in [0.4, 0.5) is 25.2 Å². The first-order valence-corrected chi connectivity index (χ1v) is 11.5. The first-order valence-electron chi connectivity index (χ1n) is 9.48. The summed E-state index contributed by atoms with van der Waals surface area (Å²) in [4.78, 5) is 21.3. The fraction of sp³-hybridized carbons (Fsp3) is 0.450. The lowest BCUT2D eigenvalue weighted by atomic mass is 10.0. The number of halogens is 2. The smallest absolute Gasteiger partial charge is 0.410 e. The molecule has 1 aliphatic heterocycles. The summed E-state index contributed by atoms with van der Waals surface area (Å²) in [6, 6.07) is 6.57. The van der Waals surface area contributed by atoms with Crippen LogP contribution in [0.5, 0.6) is 0 Å². The molecule has 11 heteroatoms. The molecule has 1 aromatic heterocycles. The Kier molecular flexibility index (Phi) is 5.92. The number of carbonyl (C=O) groups excluding carboxylic acids is 1. The maximum Gasteiger partial charge on any atom is 0.410 e. The van der Waals surface area contributed by atoms with Gasteiger partial charge in [0.15, 0.2) is 9.84 Å². The summed E-state index contributed by atoms with van der Waals surface area (Å²) >= 11 is 0. The molecule has 168 valence electrons. The predicted octanol–water partition coefficient (Wildman–Crippen LogP) is 3.61. The van der Waals surface area contributed by atoms with E-state index in [0.717, 1.165) is 17.4 Å². The number of aromatic nitrogens is 2. The number of amides is 1. The largest absolute Gasteiger partial charge is 0.444 e. The molecule has 0 saturated carbocycles. The van der Waals surface area contributed by atoms with Gasteiger partial charge in [0.05, 0.1) is 30.1 Å². The first-order chi connectivity index (χ1) is 14.2. The number of carbonyl (C=O) groups is 1. The second-order valence-corrected chi connectivity index (χ2v) is 10.6. The van der Waals surface area contributed by atoms with Crippen molar-refractivity contribution in [3.8, 4) is 0 Å². The number of hydrogen-bond donors (Lipinski definition) is 1. The number of nitrogens with one attached hydrogen (secondary N) is 1. The molecule has 2 heterocycles. The van der Waals surface area contributed by atoms with Crippen LogP contribution in [0.3, 0.4) is 0 Å². The van der Waals surface area contributed by atoms with E-state index in [9.17, 15) is 22.0 Å². The third-order valence-electron chi connectivity index (χ3n) is 4.28. The summed E-state index contributed by atoms with van der Waals surface area (Å²) < 4.78 is 57.1. The molecule has 1 N–H and O–H groups in total. The molecule has 0 atom stereocenters. The van der Waals surface area contributed by atoms with Crippen molar-refractivity contribution < 1.29 is 26.7 Å². The van der Waals surface area contributed by atoms with Crippen molar-refractivity contribution in [2.45, 2.75) is 44.6 Å². The highest BCUT2D eigenvalue weighted by Crippen LogP contribution is 2.36. The molecule has 0 spiro atoms. The van der Waals surface area contributed by atoms with Gasteiger partial charge in [0, 0.05) is 18.1 Å². The third-order valence-corrected chi connectivity index (χ3v) is 5.14. The van der Waals surface area contributed by atoms with Gasteiger partial charge in [-0.15, -0.1) is 0 Å². The van der Waals surface area contributed by atoms with Crippen molar-refractivity contribution in [3.63, 3.8) is 0 Å². The van der Waals surface area contributed by atoms with Gasteiger partial charge in [-0.25, -0.2) is 23.2 Å². The zero-order chi connectivity index (χ0) is 23.0. The van der Waals surface area contributed by atoms with Crippen molar-refractivity contribution >= 4 is 27.6 Å². The Morgan fingerprint density at radius 1 is 1.26 bits per heavy atom. The van der Waals surface area contributed by atoms with E-state index >= 15 is 0 Å². The zero-order valence-electron chi connectivity index (χ0n) is 17.6. The van der Waals surface area contributed by atoms with Gasteiger partial charge in [-0.3, -0.25) is 4.90 Å². The van der Waals surface area contributed by atoms with Gasteiger partial charge < -0.3 is 10.1 Å². The molecule has 0 fully saturated rings. The quantitative estimate of drug-likeness (QED) is 0.753. The molecule has 0 unspecified atom stereocenters. The average molecular weight is 454 g/mol. The van der Waals surface area contributed by atoms with E-state index in [0.29, 0.717) is 11.3 Å². The molecular formula is C20H24F2N4O4S. The van der Waals surface area contributed by atoms with Gasteiger partial charge in [-0.05, 0) is 38.5 Å². The number of anilines is 2. The van der Waals surface area contributed by atoms with Crippen LogP contribution in [-0.2, 0) is 32.8 Å². The number of nitrogens with zero attached hydrogens (tertiary/aromatic N) is 3. The molecule has 1 aromatic carbocycles. The third kappa shape index (κ3) is 6.09. The number of hydrogen-bond acceptors (Lipinski definition) is 7. The van der Waals surface area contributed by atoms with Crippen LogP contribution in [0.25, 0.3) is 0 Å². The van der Waals surface area contributed by atoms with Crippen LogP contribution in [-0.4, -0.2) is 47.8 Å². The van der Waals surface area contributed by atoms with Gasteiger partial charge in [-0.1, -0.05) is 12.1 Å². The van der Waals surface area contributed by atoms with Crippen molar-refractivity contribution in [2.75, 3.05) is 18.1 Å². The van der Waals surface area contributed by atoms with E-state index in [2.05, 4.69) is 15.3 Å². The highest BCUT2D eigenvalue weighted by atomic mass is 32.2. The van der Waals surface area contributed by atoms with Crippen LogP contribution >= 0.6 is 0 Å². The Hall–Kier alpha value is -2.82. The molecule has 0 saturated heterocycles. The highest BCUT2D eigenvalue weighted by Gasteiger charge is 2.44. The number of alkyl halides is 2. The van der Waals surface area contributed by atoms with Gasteiger partial charge in [0.2, 0.25) is 5.95 Å². The molecule has 2 aromatic rings. The first kappa shape index (κ1) is 22.9. The molecule has 1 aliphatic rings. The van der Waals surface area contributed by atoms with Crippen LogP contribution in [0.1, 0.15) is 37.6 Å². The predicted molar refractivity (Wildman–Crippen MR) is 111 cm³/mol. The fourth-order valence-corrected chi connectivity index (χ4v) is 3.83. The molecule has 1 amide bonds. The summed E-state index contributed by atoms with van der Waals surface area (Å²) in [5.41, 5.74) is 0.0550. The SMILES string of the molecule is CC(C)(C)OC(=O)N1Cc2nc(Nc3ccc(CS(C)(=O)=O)cc3)ncc2C(F)(F)C1. The number of benzene rings is 1. The maximum atomic E-state index is 14.6. The molecule has 0 aliphatic carbocycles. The Labute approximate surface area is 179 Å². The monoisotopic (exact) mass is 454 g/mol. The lowest BCUT2D eigenvalue weighted by Crippen LogP contribution is -2.46. The topological polar surface area (TPSA) is 101 Å². The molecule has 8 nitrogen and oxygen atoms in total. The van der Waals surface area contributed by atoms with Gasteiger partial charge in [0.1, 0.15) is 5.60 Å². The summed E-state index contributed by atoms with van der Waals surface area (Å²) in [5, 5.41) is 2.90. The second kappa shape index (κ2) is 8.03. The fourth-order valence-electron chi connectivity index (χ4n) is 3.04. The average Bonchev–Trinajstić information content (AvgIpc) is 2.60. The van der Waals surface area contributed by atoms with Gasteiger partial charge >= 0.3 is 6.09 Å². The molecular weight excluding hydrogens is 430 g/mol. The highest BCUT2D eigenvalue weighted by molar-refractivity contribution is 7.89. The van der Waals surface area contributed by atoms with E-state index in [1.165, 1.54) is 0 Å². The van der Waals surface area contributed by atoms with E-state index < -0.39 is 34.0 Å². The molecule has 0 radical (unpaired) electrons. The molecule has 3 rings (SSSR count). The molecule has 0 bridgehead atoms. The number of sulfone groups is 1. The zero-order valence-corrected chi connectivity index (χ0v) is 18.5. The number of fused-ring (bicyclic) bond motifs is 1. The lowest BCUT2D eigenvalue weighted by molar-refractivity contribution is -0.0603. The minimum atomic E-state index is -3.31. The van der Waals surface area contributed by atoms with Crippen LogP contribution in [0.15, 0.2) is 30.5 Å². The minimum absolute atomic E-state index is 0.0216. The van der Waals surface area contributed by atoms with Crippen LogP contribution in [0, 0.1) is 0 Å². The normalized spacial score (nSPS) is 15.9. The Bertz CT molecular complexity index is 1080. The summed E-state index contributed by atoms with van der Waals surface area (Å²) in [5.74, 6) is -3.31. The van der Waals surface area contributed by atoms with Crippen molar-refractivity contribution in [3.05, 3.63) is 47.3 Å². The van der Waals surface area contributed by atoms with E-state index in [1.807, 2.05) is 0 Å². The lowest BCUT2D eigenvalue weighted by Gasteiger charge is -2.34. The van der Waals surface area contributed by atoms with E-state index in [1.54, 1.807) is 45.0 Å². The van der Waals surface area contributed by atoms with Gasteiger partial charge in [-0.2, -0.15) is 8.78 Å². The number of rotatable bonds is 4. The summed E-state index contributed by atoms with van der Waals surface area (Å²) in [6.45, 7) is 4.03. The van der Waals surface area contributed by atoms with E-state index in [4.69, 9.17) is 4.74 Å². The summed E-state index contributed by atoms with van der Waals surface area (Å²) in [6.07, 6.45) is 1.36. The van der Waals surface area contributed by atoms with Crippen molar-refractivity contribution in [1.82, 2.24) is 14.9 Å². The van der Waals surface area contributed by atoms with Gasteiger partial charge in [0.25, 0.3) is 5.92 Å². The Morgan fingerprint density at radius 2 is 1.90 bits per heavy atom. The Balaban J connectivity index is 1.79. The van der Waals surface area contributed by atoms with Crippen LogP contribution < -0.4 is 5.32 Å².